The van der Waals surface area contributed by atoms with Crippen LogP contribution in [0, 0.1) is 11.8 Å². The molecule has 1 N–H and O–H groups in total. The van der Waals surface area contributed by atoms with Crippen molar-refractivity contribution < 1.29 is 5.11 Å². The highest BCUT2D eigenvalue weighted by Crippen LogP contribution is 2.24. The maximum Gasteiger partial charge on any atom is 0.0461 e. The molecule has 0 bridgehead atoms. The van der Waals surface area contributed by atoms with Gasteiger partial charge in [0.25, 0.3) is 0 Å². The number of aliphatic hydroxyl groups is 1. The number of unbranched alkanes of at least 4 members (excludes halogenated alkanes) is 2. The predicted molar refractivity (Wildman–Crippen MR) is 58.8 cm³/mol. The van der Waals surface area contributed by atoms with Crippen LogP contribution in [0.1, 0.15) is 59.3 Å². The van der Waals surface area contributed by atoms with Gasteiger partial charge in [-0.3, -0.25) is 0 Å². The Hall–Kier alpha value is -0.0400. The van der Waals surface area contributed by atoms with Crippen LogP contribution >= 0.6 is 0 Å². The Morgan fingerprint density at radius 3 is 1.92 bits per heavy atom. The van der Waals surface area contributed by atoms with Crippen molar-refractivity contribution in [3.63, 3.8) is 0 Å². The minimum absolute atomic E-state index is 0.376. The summed E-state index contributed by atoms with van der Waals surface area (Å²) < 4.78 is 0. The van der Waals surface area contributed by atoms with Gasteiger partial charge in [-0.2, -0.15) is 0 Å². The van der Waals surface area contributed by atoms with Gasteiger partial charge in [0.05, 0.1) is 0 Å². The van der Waals surface area contributed by atoms with Gasteiger partial charge in [0.1, 0.15) is 0 Å². The fraction of sp³-hybridized carbons (Fsp3) is 1.00. The normalized spacial score (nSPS) is 15.7. The summed E-state index contributed by atoms with van der Waals surface area (Å²) in [5, 5.41) is 9.18. The summed E-state index contributed by atoms with van der Waals surface area (Å²) >= 11 is 0. The molecule has 0 aliphatic rings. The molecule has 0 saturated heterocycles. The summed E-state index contributed by atoms with van der Waals surface area (Å²) in [4.78, 5) is 0. The summed E-state index contributed by atoms with van der Waals surface area (Å²) in [5.41, 5.74) is 0. The second kappa shape index (κ2) is 8.55. The number of aliphatic hydroxyl groups excluding tert-OH is 1. The van der Waals surface area contributed by atoms with E-state index < -0.39 is 0 Å². The lowest BCUT2D eigenvalue weighted by Gasteiger charge is -2.23. The van der Waals surface area contributed by atoms with E-state index in [1.807, 2.05) is 0 Å². The molecule has 0 unspecified atom stereocenters. The smallest absolute Gasteiger partial charge is 0.0461 e. The molecular formula is C12H26O. The third-order valence-electron chi connectivity index (χ3n) is 3.13. The van der Waals surface area contributed by atoms with Gasteiger partial charge in [0.2, 0.25) is 0 Å². The zero-order valence-electron chi connectivity index (χ0n) is 9.55. The van der Waals surface area contributed by atoms with Crippen molar-refractivity contribution in [3.8, 4) is 0 Å². The fourth-order valence-electron chi connectivity index (χ4n) is 2.04. The molecule has 0 fully saturated rings. The summed E-state index contributed by atoms with van der Waals surface area (Å²) in [6, 6.07) is 0. The molecule has 80 valence electrons. The summed E-state index contributed by atoms with van der Waals surface area (Å²) in [7, 11) is 0. The molecule has 0 aromatic heterocycles. The van der Waals surface area contributed by atoms with E-state index in [1.165, 1.54) is 32.1 Å². The number of hydrogen-bond donors (Lipinski definition) is 1. The van der Waals surface area contributed by atoms with Gasteiger partial charge in [-0.1, -0.05) is 59.3 Å². The minimum atomic E-state index is 0.376. The summed E-state index contributed by atoms with van der Waals surface area (Å²) in [6.07, 6.45) is 7.64. The lowest BCUT2D eigenvalue weighted by Crippen LogP contribution is -2.17. The topological polar surface area (TPSA) is 20.2 Å². The van der Waals surface area contributed by atoms with Crippen molar-refractivity contribution in [2.45, 2.75) is 59.3 Å². The average molecular weight is 186 g/mol. The Kier molecular flexibility index (Phi) is 8.53. The second-order valence-electron chi connectivity index (χ2n) is 4.02. The van der Waals surface area contributed by atoms with Crippen LogP contribution in [-0.2, 0) is 0 Å². The van der Waals surface area contributed by atoms with E-state index in [9.17, 15) is 5.11 Å². The lowest BCUT2D eigenvalue weighted by molar-refractivity contribution is 0.159. The van der Waals surface area contributed by atoms with E-state index in [1.54, 1.807) is 0 Å². The monoisotopic (exact) mass is 186 g/mol. The van der Waals surface area contributed by atoms with E-state index >= 15 is 0 Å². The molecule has 0 aliphatic heterocycles. The minimum Gasteiger partial charge on any atom is -0.396 e. The van der Waals surface area contributed by atoms with E-state index in [0.29, 0.717) is 12.5 Å². The standard InChI is InChI=1S/C12H26O/c1-4-7-8-9-11(5-2)12(6-3)10-13/h11-13H,4-10H2,1-3H3/t11-,12-/m1/s1. The quantitative estimate of drug-likeness (QED) is 0.574. The van der Waals surface area contributed by atoms with E-state index in [-0.39, 0.29) is 0 Å². The van der Waals surface area contributed by atoms with Gasteiger partial charge in [0, 0.05) is 6.61 Å². The van der Waals surface area contributed by atoms with Gasteiger partial charge in [-0.25, -0.2) is 0 Å². The highest BCUT2D eigenvalue weighted by atomic mass is 16.3. The molecule has 1 nitrogen and oxygen atoms in total. The second-order valence-corrected chi connectivity index (χ2v) is 4.02. The molecule has 1 heteroatoms. The van der Waals surface area contributed by atoms with Crippen LogP contribution in [0.4, 0.5) is 0 Å². The Morgan fingerprint density at radius 1 is 0.923 bits per heavy atom. The first-order valence-electron chi connectivity index (χ1n) is 5.90. The van der Waals surface area contributed by atoms with Crippen LogP contribution in [0.25, 0.3) is 0 Å². The maximum atomic E-state index is 9.18. The molecule has 0 radical (unpaired) electrons. The Bertz CT molecular complexity index is 97.3. The SMILES string of the molecule is CCCCC[C@@H](CC)[C@H](CC)CO. The molecule has 2 atom stereocenters. The van der Waals surface area contributed by atoms with Crippen molar-refractivity contribution in [1.82, 2.24) is 0 Å². The third-order valence-corrected chi connectivity index (χ3v) is 3.13. The van der Waals surface area contributed by atoms with Crippen molar-refractivity contribution in [2.24, 2.45) is 11.8 Å². The Morgan fingerprint density at radius 2 is 1.54 bits per heavy atom. The Labute approximate surface area is 83.5 Å². The van der Waals surface area contributed by atoms with Crippen LogP contribution in [-0.4, -0.2) is 11.7 Å². The average Bonchev–Trinajstić information content (AvgIpc) is 2.17. The van der Waals surface area contributed by atoms with Crippen LogP contribution in [0.5, 0.6) is 0 Å². The van der Waals surface area contributed by atoms with Gasteiger partial charge >= 0.3 is 0 Å². The molecule has 0 saturated carbocycles. The first-order valence-corrected chi connectivity index (χ1v) is 5.90. The fourth-order valence-corrected chi connectivity index (χ4v) is 2.04. The largest absolute Gasteiger partial charge is 0.396 e. The maximum absolute atomic E-state index is 9.18. The molecule has 0 rings (SSSR count). The van der Waals surface area contributed by atoms with Crippen molar-refractivity contribution in [3.05, 3.63) is 0 Å². The first kappa shape index (κ1) is 13.0. The summed E-state index contributed by atoms with van der Waals surface area (Å²) in [5.74, 6) is 1.29. The molecule has 0 heterocycles. The van der Waals surface area contributed by atoms with Crippen LogP contribution in [0.2, 0.25) is 0 Å². The lowest BCUT2D eigenvalue weighted by atomic mass is 9.84. The molecule has 0 spiro atoms. The molecular weight excluding hydrogens is 160 g/mol. The first-order chi connectivity index (χ1) is 6.29. The summed E-state index contributed by atoms with van der Waals surface area (Å²) in [6.45, 7) is 7.05. The molecule has 13 heavy (non-hydrogen) atoms. The number of rotatable bonds is 8. The predicted octanol–water partition coefficient (Wildman–Crippen LogP) is 3.61. The Balaban J connectivity index is 3.71. The number of hydrogen-bond acceptors (Lipinski definition) is 1. The van der Waals surface area contributed by atoms with E-state index in [4.69, 9.17) is 0 Å². The molecule has 0 aromatic rings. The van der Waals surface area contributed by atoms with Crippen molar-refractivity contribution in [2.75, 3.05) is 6.61 Å². The van der Waals surface area contributed by atoms with Crippen LogP contribution in [0.15, 0.2) is 0 Å². The van der Waals surface area contributed by atoms with E-state index in [0.717, 1.165) is 12.3 Å². The van der Waals surface area contributed by atoms with Gasteiger partial charge in [0.15, 0.2) is 0 Å². The highest BCUT2D eigenvalue weighted by molar-refractivity contribution is 4.67. The third kappa shape index (κ3) is 5.30. The molecule has 0 aromatic carbocycles. The van der Waals surface area contributed by atoms with Gasteiger partial charge < -0.3 is 5.11 Å². The van der Waals surface area contributed by atoms with Gasteiger partial charge in [-0.05, 0) is 11.8 Å². The molecule has 0 aliphatic carbocycles. The zero-order chi connectivity index (χ0) is 10.1. The van der Waals surface area contributed by atoms with Crippen LogP contribution in [0.3, 0.4) is 0 Å². The highest BCUT2D eigenvalue weighted by Gasteiger charge is 2.16. The zero-order valence-corrected chi connectivity index (χ0v) is 9.55. The van der Waals surface area contributed by atoms with Gasteiger partial charge in [-0.15, -0.1) is 0 Å². The molecule has 0 amide bonds. The van der Waals surface area contributed by atoms with Crippen molar-refractivity contribution >= 4 is 0 Å². The van der Waals surface area contributed by atoms with Crippen molar-refractivity contribution in [1.29, 1.82) is 0 Å². The van der Waals surface area contributed by atoms with E-state index in [2.05, 4.69) is 20.8 Å². The van der Waals surface area contributed by atoms with Crippen LogP contribution < -0.4 is 0 Å².